The minimum absolute atomic E-state index is 0.0560. The first-order chi connectivity index (χ1) is 8.95. The largest absolute Gasteiger partial charge is 0.495 e. The third-order valence-corrected chi connectivity index (χ3v) is 4.68. The number of benzene rings is 1. The normalized spacial score (nSPS) is 17.0. The molecule has 0 atom stereocenters. The summed E-state index contributed by atoms with van der Waals surface area (Å²) in [7, 11) is -2.25. The molecule has 19 heavy (non-hydrogen) atoms. The number of rotatable bonds is 3. The molecular formula is C11H15N3O4S. The predicted molar refractivity (Wildman–Crippen MR) is 69.2 cm³/mol. The third kappa shape index (κ3) is 2.64. The standard InChI is InChI=1S/C11H15N3O4S/c1-18-10-3-2-8(6-9(10)12)19(16,17)14-5-4-13-11(15)7-14/h2-3,6H,4-5,7,12H2,1H3,(H,13,15). The molecule has 0 saturated carbocycles. The summed E-state index contributed by atoms with van der Waals surface area (Å²) in [6.45, 7) is 0.387. The lowest BCUT2D eigenvalue weighted by molar-refractivity contribution is -0.122. The zero-order valence-electron chi connectivity index (χ0n) is 10.4. The number of piperazine rings is 1. The molecular weight excluding hydrogens is 270 g/mol. The van der Waals surface area contributed by atoms with Crippen molar-refractivity contribution in [2.75, 3.05) is 32.5 Å². The van der Waals surface area contributed by atoms with Gasteiger partial charge < -0.3 is 15.8 Å². The number of carbonyl (C=O) groups excluding carboxylic acids is 1. The maximum Gasteiger partial charge on any atom is 0.243 e. The summed E-state index contributed by atoms with van der Waals surface area (Å²) in [6.07, 6.45) is 0. The van der Waals surface area contributed by atoms with Crippen LogP contribution in [-0.2, 0) is 14.8 Å². The maximum atomic E-state index is 12.3. The number of sulfonamides is 1. The van der Waals surface area contributed by atoms with E-state index in [2.05, 4.69) is 5.32 Å². The molecule has 3 N–H and O–H groups in total. The summed E-state index contributed by atoms with van der Waals surface area (Å²) in [4.78, 5) is 11.3. The van der Waals surface area contributed by atoms with Crippen molar-refractivity contribution in [2.24, 2.45) is 0 Å². The van der Waals surface area contributed by atoms with E-state index in [0.717, 1.165) is 4.31 Å². The molecule has 7 nitrogen and oxygen atoms in total. The van der Waals surface area contributed by atoms with Gasteiger partial charge in [-0.1, -0.05) is 0 Å². The molecule has 2 rings (SSSR count). The van der Waals surface area contributed by atoms with Crippen molar-refractivity contribution in [1.29, 1.82) is 0 Å². The van der Waals surface area contributed by atoms with Gasteiger partial charge in [0.05, 0.1) is 24.2 Å². The Kier molecular flexibility index (Phi) is 3.63. The summed E-state index contributed by atoms with van der Waals surface area (Å²) in [6, 6.07) is 4.24. The second kappa shape index (κ2) is 5.06. The summed E-state index contributed by atoms with van der Waals surface area (Å²) in [5.74, 6) is 0.103. The average Bonchev–Trinajstić information content (AvgIpc) is 2.38. The van der Waals surface area contributed by atoms with E-state index < -0.39 is 10.0 Å². The van der Waals surface area contributed by atoms with Gasteiger partial charge in [-0.05, 0) is 18.2 Å². The van der Waals surface area contributed by atoms with Crippen LogP contribution in [0.1, 0.15) is 0 Å². The lowest BCUT2D eigenvalue weighted by Crippen LogP contribution is -2.49. The molecule has 0 aromatic heterocycles. The maximum absolute atomic E-state index is 12.3. The first-order valence-electron chi connectivity index (χ1n) is 5.65. The lowest BCUT2D eigenvalue weighted by Gasteiger charge is -2.26. The Morgan fingerprint density at radius 3 is 2.74 bits per heavy atom. The van der Waals surface area contributed by atoms with Crippen molar-refractivity contribution in [3.8, 4) is 5.75 Å². The van der Waals surface area contributed by atoms with Gasteiger partial charge in [-0.15, -0.1) is 0 Å². The molecule has 0 radical (unpaired) electrons. The number of nitrogens with two attached hydrogens (primary N) is 1. The summed E-state index contributed by atoms with van der Waals surface area (Å²) >= 11 is 0. The minimum atomic E-state index is -3.71. The summed E-state index contributed by atoms with van der Waals surface area (Å²) < 4.78 is 30.8. The van der Waals surface area contributed by atoms with Crippen LogP contribution in [0.25, 0.3) is 0 Å². The summed E-state index contributed by atoms with van der Waals surface area (Å²) in [5.41, 5.74) is 5.94. The molecule has 1 aliphatic heterocycles. The number of hydrogen-bond acceptors (Lipinski definition) is 5. The number of nitrogen functional groups attached to an aromatic ring is 1. The van der Waals surface area contributed by atoms with E-state index in [1.807, 2.05) is 0 Å². The first-order valence-corrected chi connectivity index (χ1v) is 7.09. The second-order valence-corrected chi connectivity index (χ2v) is 6.03. The molecule has 0 spiro atoms. The van der Waals surface area contributed by atoms with Crippen LogP contribution in [0.2, 0.25) is 0 Å². The molecule has 1 heterocycles. The zero-order valence-corrected chi connectivity index (χ0v) is 11.2. The van der Waals surface area contributed by atoms with Gasteiger partial charge in [-0.3, -0.25) is 4.79 Å². The van der Waals surface area contributed by atoms with Crippen LogP contribution in [0.4, 0.5) is 5.69 Å². The van der Waals surface area contributed by atoms with E-state index in [1.54, 1.807) is 0 Å². The van der Waals surface area contributed by atoms with Crippen LogP contribution >= 0.6 is 0 Å². The quantitative estimate of drug-likeness (QED) is 0.722. The van der Waals surface area contributed by atoms with Crippen molar-refractivity contribution in [1.82, 2.24) is 9.62 Å². The van der Waals surface area contributed by atoms with E-state index in [0.29, 0.717) is 12.3 Å². The Morgan fingerprint density at radius 1 is 1.42 bits per heavy atom. The topological polar surface area (TPSA) is 102 Å². The molecule has 1 saturated heterocycles. The first kappa shape index (κ1) is 13.6. The molecule has 104 valence electrons. The van der Waals surface area contributed by atoms with Crippen LogP contribution in [-0.4, -0.2) is 45.4 Å². The number of methoxy groups -OCH3 is 1. The second-order valence-electron chi connectivity index (χ2n) is 4.09. The molecule has 1 aromatic carbocycles. The Balaban J connectivity index is 2.33. The zero-order chi connectivity index (χ0) is 14.0. The molecule has 0 aliphatic carbocycles. The molecule has 1 aliphatic rings. The van der Waals surface area contributed by atoms with Crippen molar-refractivity contribution < 1.29 is 17.9 Å². The Hall–Kier alpha value is -1.80. The van der Waals surface area contributed by atoms with E-state index >= 15 is 0 Å². The van der Waals surface area contributed by atoms with E-state index in [9.17, 15) is 13.2 Å². The molecule has 1 fully saturated rings. The lowest BCUT2D eigenvalue weighted by atomic mass is 10.3. The van der Waals surface area contributed by atoms with Crippen molar-refractivity contribution >= 4 is 21.6 Å². The van der Waals surface area contributed by atoms with E-state index in [1.165, 1.54) is 25.3 Å². The van der Waals surface area contributed by atoms with E-state index in [-0.39, 0.29) is 29.6 Å². The number of nitrogens with one attached hydrogen (secondary N) is 1. The fraction of sp³-hybridized carbons (Fsp3) is 0.364. The van der Waals surface area contributed by atoms with Gasteiger partial charge in [0.25, 0.3) is 0 Å². The number of carbonyl (C=O) groups is 1. The molecule has 8 heteroatoms. The number of hydrogen-bond donors (Lipinski definition) is 2. The smallest absolute Gasteiger partial charge is 0.243 e. The number of anilines is 1. The van der Waals surface area contributed by atoms with Crippen LogP contribution in [0.15, 0.2) is 23.1 Å². The van der Waals surface area contributed by atoms with Crippen LogP contribution < -0.4 is 15.8 Å². The number of amides is 1. The molecule has 1 amide bonds. The third-order valence-electron chi connectivity index (χ3n) is 2.84. The van der Waals surface area contributed by atoms with Crippen LogP contribution in [0.3, 0.4) is 0 Å². The van der Waals surface area contributed by atoms with Crippen molar-refractivity contribution in [2.45, 2.75) is 4.90 Å². The van der Waals surface area contributed by atoms with Gasteiger partial charge >= 0.3 is 0 Å². The van der Waals surface area contributed by atoms with Crippen molar-refractivity contribution in [3.05, 3.63) is 18.2 Å². The molecule has 0 unspecified atom stereocenters. The Labute approximate surface area is 111 Å². The molecule has 0 bridgehead atoms. The Morgan fingerprint density at radius 2 is 2.16 bits per heavy atom. The fourth-order valence-corrected chi connectivity index (χ4v) is 3.28. The predicted octanol–water partition coefficient (Wildman–Crippen LogP) is -0.602. The average molecular weight is 285 g/mol. The SMILES string of the molecule is COc1ccc(S(=O)(=O)N2CCNC(=O)C2)cc1N. The van der Waals surface area contributed by atoms with Crippen molar-refractivity contribution in [3.63, 3.8) is 0 Å². The van der Waals surface area contributed by atoms with Gasteiger partial charge in [0, 0.05) is 13.1 Å². The van der Waals surface area contributed by atoms with Gasteiger partial charge in [-0.2, -0.15) is 4.31 Å². The highest BCUT2D eigenvalue weighted by atomic mass is 32.2. The van der Waals surface area contributed by atoms with Gasteiger partial charge in [0.15, 0.2) is 0 Å². The molecule has 1 aromatic rings. The number of nitrogens with zero attached hydrogens (tertiary/aromatic N) is 1. The van der Waals surface area contributed by atoms with Gasteiger partial charge in [0.1, 0.15) is 5.75 Å². The number of ether oxygens (including phenoxy) is 1. The van der Waals surface area contributed by atoms with Crippen LogP contribution in [0, 0.1) is 0 Å². The highest BCUT2D eigenvalue weighted by Crippen LogP contribution is 2.26. The van der Waals surface area contributed by atoms with Gasteiger partial charge in [0.2, 0.25) is 15.9 Å². The minimum Gasteiger partial charge on any atom is -0.495 e. The van der Waals surface area contributed by atoms with E-state index in [4.69, 9.17) is 10.5 Å². The highest BCUT2D eigenvalue weighted by molar-refractivity contribution is 7.89. The monoisotopic (exact) mass is 285 g/mol. The summed E-state index contributed by atoms with van der Waals surface area (Å²) in [5, 5.41) is 2.58. The van der Waals surface area contributed by atoms with Crippen LogP contribution in [0.5, 0.6) is 5.75 Å². The highest BCUT2D eigenvalue weighted by Gasteiger charge is 2.29. The fourth-order valence-electron chi connectivity index (χ4n) is 1.84. The Bertz CT molecular complexity index is 600. The van der Waals surface area contributed by atoms with Gasteiger partial charge in [-0.25, -0.2) is 8.42 Å².